The molecule has 2 rings (SSSR count). The number of hydrogen-bond donors (Lipinski definition) is 0. The van der Waals surface area contributed by atoms with Gasteiger partial charge in [-0.25, -0.2) is 0 Å². The molecule has 0 unspecified atom stereocenters. The van der Waals surface area contributed by atoms with Crippen molar-refractivity contribution >= 4 is 5.91 Å². The lowest BCUT2D eigenvalue weighted by atomic mass is 9.94. The fraction of sp³-hybridized carbons (Fsp3) is 0.706. The number of carbonyl (C=O) groups excluding carboxylic acids is 1. The first-order chi connectivity index (χ1) is 9.79. The van der Waals surface area contributed by atoms with Crippen LogP contribution in [0.15, 0.2) is 12.1 Å². The van der Waals surface area contributed by atoms with E-state index in [0.717, 1.165) is 39.3 Å². The van der Waals surface area contributed by atoms with Crippen molar-refractivity contribution in [3.63, 3.8) is 0 Å². The molecule has 0 aliphatic carbocycles. The van der Waals surface area contributed by atoms with Gasteiger partial charge in [0, 0.05) is 56.1 Å². The topological polar surface area (TPSA) is 28.5 Å². The van der Waals surface area contributed by atoms with Crippen molar-refractivity contribution in [2.45, 2.75) is 41.2 Å². The van der Waals surface area contributed by atoms with E-state index in [0.29, 0.717) is 0 Å². The van der Waals surface area contributed by atoms with E-state index in [9.17, 15) is 4.79 Å². The second-order valence-corrected chi connectivity index (χ2v) is 7.15. The van der Waals surface area contributed by atoms with Gasteiger partial charge in [-0.2, -0.15) is 0 Å². The summed E-state index contributed by atoms with van der Waals surface area (Å²) in [5.41, 5.74) is 2.39. The Morgan fingerprint density at radius 3 is 2.00 bits per heavy atom. The number of piperazine rings is 1. The van der Waals surface area contributed by atoms with E-state index in [1.54, 1.807) is 0 Å². The third kappa shape index (κ3) is 3.88. The molecule has 4 nitrogen and oxygen atoms in total. The number of amides is 1. The van der Waals surface area contributed by atoms with E-state index in [2.05, 4.69) is 35.4 Å². The first kappa shape index (κ1) is 16.1. The van der Waals surface area contributed by atoms with Gasteiger partial charge in [0.25, 0.3) is 0 Å². The van der Waals surface area contributed by atoms with Crippen molar-refractivity contribution in [2.75, 3.05) is 32.7 Å². The fourth-order valence-corrected chi connectivity index (χ4v) is 2.94. The molecule has 0 atom stereocenters. The standard InChI is InChI=1S/C17H29N3O/c1-14-6-7-15(2)20(14)13-10-18-8-11-19(12-9-18)16(21)17(3,4)5/h6-7H,8-13H2,1-5H3. The van der Waals surface area contributed by atoms with Crippen LogP contribution in [0.1, 0.15) is 32.2 Å². The quantitative estimate of drug-likeness (QED) is 0.855. The Balaban J connectivity index is 1.81. The average Bonchev–Trinajstić information content (AvgIpc) is 2.75. The minimum atomic E-state index is -0.262. The first-order valence-electron chi connectivity index (χ1n) is 7.93. The maximum Gasteiger partial charge on any atom is 0.228 e. The molecule has 1 aliphatic rings. The summed E-state index contributed by atoms with van der Waals surface area (Å²) in [6.45, 7) is 16.1. The summed E-state index contributed by atoms with van der Waals surface area (Å²) in [4.78, 5) is 16.7. The molecule has 1 fully saturated rings. The summed E-state index contributed by atoms with van der Waals surface area (Å²) < 4.78 is 2.37. The molecule has 1 aromatic rings. The Morgan fingerprint density at radius 2 is 1.52 bits per heavy atom. The van der Waals surface area contributed by atoms with Gasteiger partial charge in [0.2, 0.25) is 5.91 Å². The maximum atomic E-state index is 12.3. The lowest BCUT2D eigenvalue weighted by Gasteiger charge is -2.37. The maximum absolute atomic E-state index is 12.3. The van der Waals surface area contributed by atoms with Crippen LogP contribution in [-0.2, 0) is 11.3 Å². The third-order valence-electron chi connectivity index (χ3n) is 4.36. The van der Waals surface area contributed by atoms with Gasteiger partial charge in [-0.15, -0.1) is 0 Å². The Labute approximate surface area is 128 Å². The van der Waals surface area contributed by atoms with Crippen molar-refractivity contribution in [1.82, 2.24) is 14.4 Å². The lowest BCUT2D eigenvalue weighted by Crippen LogP contribution is -2.52. The van der Waals surface area contributed by atoms with Gasteiger partial charge >= 0.3 is 0 Å². The summed E-state index contributed by atoms with van der Waals surface area (Å²) in [6, 6.07) is 4.35. The molecule has 1 aromatic heterocycles. The zero-order chi connectivity index (χ0) is 15.6. The number of aromatic nitrogens is 1. The molecule has 2 heterocycles. The Bertz CT molecular complexity index is 471. The predicted octanol–water partition coefficient (Wildman–Crippen LogP) is 2.30. The van der Waals surface area contributed by atoms with Crippen molar-refractivity contribution in [3.05, 3.63) is 23.5 Å². The summed E-state index contributed by atoms with van der Waals surface area (Å²) in [6.07, 6.45) is 0. The first-order valence-corrected chi connectivity index (χ1v) is 7.93. The van der Waals surface area contributed by atoms with Gasteiger partial charge in [0.1, 0.15) is 0 Å². The molecule has 0 radical (unpaired) electrons. The molecule has 0 saturated carbocycles. The minimum absolute atomic E-state index is 0.262. The molecule has 4 heteroatoms. The third-order valence-corrected chi connectivity index (χ3v) is 4.36. The van der Waals surface area contributed by atoms with Crippen LogP contribution in [0.3, 0.4) is 0 Å². The summed E-state index contributed by atoms with van der Waals surface area (Å²) >= 11 is 0. The number of carbonyl (C=O) groups is 1. The molecule has 1 amide bonds. The van der Waals surface area contributed by atoms with E-state index in [-0.39, 0.29) is 11.3 Å². The van der Waals surface area contributed by atoms with Gasteiger partial charge in [-0.1, -0.05) is 20.8 Å². The van der Waals surface area contributed by atoms with Gasteiger partial charge < -0.3 is 9.47 Å². The molecule has 21 heavy (non-hydrogen) atoms. The highest BCUT2D eigenvalue weighted by Gasteiger charge is 2.29. The fourth-order valence-electron chi connectivity index (χ4n) is 2.94. The number of nitrogens with zero attached hydrogens (tertiary/aromatic N) is 3. The molecule has 1 saturated heterocycles. The van der Waals surface area contributed by atoms with Crippen LogP contribution < -0.4 is 0 Å². The average molecular weight is 291 g/mol. The van der Waals surface area contributed by atoms with E-state index in [1.165, 1.54) is 11.4 Å². The van der Waals surface area contributed by atoms with Crippen molar-refractivity contribution in [1.29, 1.82) is 0 Å². The molecule has 0 spiro atoms. The number of rotatable bonds is 3. The van der Waals surface area contributed by atoms with Crippen molar-refractivity contribution in [3.8, 4) is 0 Å². The SMILES string of the molecule is Cc1ccc(C)n1CCN1CCN(C(=O)C(C)(C)C)CC1. The van der Waals surface area contributed by atoms with Crippen LogP contribution in [0.5, 0.6) is 0 Å². The zero-order valence-electron chi connectivity index (χ0n) is 14.1. The van der Waals surface area contributed by atoms with Crippen LogP contribution in [-0.4, -0.2) is 53.0 Å². The monoisotopic (exact) mass is 291 g/mol. The highest BCUT2D eigenvalue weighted by molar-refractivity contribution is 5.81. The summed E-state index contributed by atoms with van der Waals surface area (Å²) in [5.74, 6) is 0.277. The van der Waals surface area contributed by atoms with Gasteiger partial charge in [-0.05, 0) is 26.0 Å². The largest absolute Gasteiger partial charge is 0.348 e. The molecular weight excluding hydrogens is 262 g/mol. The Hall–Kier alpha value is -1.29. The van der Waals surface area contributed by atoms with Crippen LogP contribution in [0.2, 0.25) is 0 Å². The molecule has 0 N–H and O–H groups in total. The minimum Gasteiger partial charge on any atom is -0.348 e. The molecule has 0 aromatic carbocycles. The molecular formula is C17H29N3O. The zero-order valence-corrected chi connectivity index (χ0v) is 14.1. The predicted molar refractivity (Wildman–Crippen MR) is 86.4 cm³/mol. The second-order valence-electron chi connectivity index (χ2n) is 7.15. The van der Waals surface area contributed by atoms with E-state index in [1.807, 2.05) is 25.7 Å². The van der Waals surface area contributed by atoms with Crippen LogP contribution in [0.4, 0.5) is 0 Å². The number of hydrogen-bond acceptors (Lipinski definition) is 2. The van der Waals surface area contributed by atoms with Gasteiger partial charge in [0.15, 0.2) is 0 Å². The normalized spacial score (nSPS) is 17.3. The van der Waals surface area contributed by atoms with E-state index < -0.39 is 0 Å². The Kier molecular flexibility index (Phi) is 4.77. The highest BCUT2D eigenvalue weighted by Crippen LogP contribution is 2.18. The van der Waals surface area contributed by atoms with E-state index >= 15 is 0 Å². The molecule has 0 bridgehead atoms. The van der Waals surface area contributed by atoms with Crippen LogP contribution in [0, 0.1) is 19.3 Å². The molecule has 118 valence electrons. The van der Waals surface area contributed by atoms with Gasteiger partial charge in [0.05, 0.1) is 0 Å². The Morgan fingerprint density at radius 1 is 1.00 bits per heavy atom. The second kappa shape index (κ2) is 6.22. The van der Waals surface area contributed by atoms with Crippen LogP contribution >= 0.6 is 0 Å². The van der Waals surface area contributed by atoms with Crippen molar-refractivity contribution in [2.24, 2.45) is 5.41 Å². The smallest absolute Gasteiger partial charge is 0.228 e. The lowest BCUT2D eigenvalue weighted by molar-refractivity contribution is -0.141. The van der Waals surface area contributed by atoms with Gasteiger partial charge in [-0.3, -0.25) is 9.69 Å². The number of aryl methyl sites for hydroxylation is 2. The molecule has 1 aliphatic heterocycles. The summed E-state index contributed by atoms with van der Waals surface area (Å²) in [5, 5.41) is 0. The highest BCUT2D eigenvalue weighted by atomic mass is 16.2. The van der Waals surface area contributed by atoms with Crippen LogP contribution in [0.25, 0.3) is 0 Å². The van der Waals surface area contributed by atoms with Crippen molar-refractivity contribution < 1.29 is 4.79 Å². The summed E-state index contributed by atoms with van der Waals surface area (Å²) in [7, 11) is 0. The van der Waals surface area contributed by atoms with E-state index in [4.69, 9.17) is 0 Å².